The molecule has 44 heavy (non-hydrogen) atoms. The Bertz CT molecular complexity index is 547. The number of halogens is 2. The standard InChI is InChI=1S/C18H37ClO2.C18H33ClO2.Ni.Zn.H2/c2*1-3-20-18(21-4-2)16-14-12-10-8-6-5-7-9-11-13-15-17-19;;;/h18H,3-17H2,1-2H3;18H,3-4,7-17H2,1-2H3;;;1H. The van der Waals surface area contributed by atoms with E-state index >= 15 is 0 Å². The zero-order chi connectivity index (χ0) is 31.2. The zero-order valence-electron chi connectivity index (χ0n) is 29.4. The second-order valence-corrected chi connectivity index (χ2v) is 11.6. The van der Waals surface area contributed by atoms with Gasteiger partial charge in [0.25, 0.3) is 0 Å². The molecule has 0 saturated heterocycles. The van der Waals surface area contributed by atoms with Gasteiger partial charge in [-0.2, -0.15) is 0 Å². The van der Waals surface area contributed by atoms with Crippen molar-refractivity contribution in [3.63, 3.8) is 0 Å². The summed E-state index contributed by atoms with van der Waals surface area (Å²) in [7, 11) is 0. The molecule has 0 aromatic heterocycles. The average Bonchev–Trinajstić information content (AvgIpc) is 2.99. The number of unbranched alkanes of at least 4 members (excludes halogenated alkanes) is 17. The summed E-state index contributed by atoms with van der Waals surface area (Å²) in [6.07, 6.45) is 27.3. The Balaban J connectivity index is -0.000000222. The topological polar surface area (TPSA) is 36.9 Å². The molecule has 0 saturated carbocycles. The van der Waals surface area contributed by atoms with E-state index in [1.807, 2.05) is 27.7 Å². The van der Waals surface area contributed by atoms with E-state index in [2.05, 4.69) is 11.8 Å². The minimum Gasteiger partial charge on any atom is -0.353 e. The van der Waals surface area contributed by atoms with Gasteiger partial charge in [0.05, 0.1) is 0 Å². The van der Waals surface area contributed by atoms with Gasteiger partial charge in [-0.25, -0.2) is 0 Å². The first-order valence-corrected chi connectivity index (χ1v) is 18.8. The Morgan fingerprint density at radius 1 is 0.432 bits per heavy atom. The Kier molecular flexibility index (Phi) is 57.2. The molecule has 0 aromatic carbocycles. The molecule has 0 spiro atoms. The van der Waals surface area contributed by atoms with Crippen LogP contribution in [0.25, 0.3) is 0 Å². The predicted molar refractivity (Wildman–Crippen MR) is 187 cm³/mol. The van der Waals surface area contributed by atoms with Crippen molar-refractivity contribution in [1.29, 1.82) is 0 Å². The van der Waals surface area contributed by atoms with E-state index in [4.69, 9.17) is 42.1 Å². The Hall–Kier alpha value is 1.10. The molecule has 266 valence electrons. The molecule has 0 rings (SSSR count). The van der Waals surface area contributed by atoms with Crippen LogP contribution in [-0.4, -0.2) is 50.8 Å². The van der Waals surface area contributed by atoms with Crippen molar-refractivity contribution >= 4 is 23.2 Å². The van der Waals surface area contributed by atoms with E-state index < -0.39 is 0 Å². The van der Waals surface area contributed by atoms with Crippen LogP contribution in [0.5, 0.6) is 0 Å². The van der Waals surface area contributed by atoms with Crippen molar-refractivity contribution < 1.29 is 56.3 Å². The molecule has 0 aromatic rings. The van der Waals surface area contributed by atoms with E-state index in [9.17, 15) is 0 Å². The largest absolute Gasteiger partial charge is 0.353 e. The van der Waals surface area contributed by atoms with Crippen molar-refractivity contribution in [3.8, 4) is 11.8 Å². The predicted octanol–water partition coefficient (Wildman–Crippen LogP) is 12.1. The Labute approximate surface area is 309 Å². The molecule has 0 unspecified atom stereocenters. The first kappa shape index (κ1) is 51.9. The van der Waals surface area contributed by atoms with Crippen LogP contribution in [0.15, 0.2) is 0 Å². The van der Waals surface area contributed by atoms with Gasteiger partial charge in [-0.15, -0.1) is 35.0 Å². The number of hydrogen-bond acceptors (Lipinski definition) is 4. The van der Waals surface area contributed by atoms with Crippen molar-refractivity contribution in [1.82, 2.24) is 0 Å². The minimum absolute atomic E-state index is 0. The minimum atomic E-state index is -0.0147. The fraction of sp³-hybridized carbons (Fsp3) is 0.944. The number of ether oxygens (including phenoxy) is 4. The van der Waals surface area contributed by atoms with Gasteiger partial charge in [-0.05, 0) is 79.1 Å². The van der Waals surface area contributed by atoms with Gasteiger partial charge in [0.1, 0.15) is 0 Å². The van der Waals surface area contributed by atoms with E-state index in [0.29, 0.717) is 0 Å². The molecule has 0 fully saturated rings. The maximum Gasteiger partial charge on any atom is 0.157 e. The molecule has 0 bridgehead atoms. The van der Waals surface area contributed by atoms with Crippen LogP contribution < -0.4 is 0 Å². The van der Waals surface area contributed by atoms with Crippen LogP contribution >= 0.6 is 23.2 Å². The third-order valence-electron chi connectivity index (χ3n) is 7.04. The summed E-state index contributed by atoms with van der Waals surface area (Å²) in [5.74, 6) is 8.16. The number of alkyl halides is 2. The molecule has 0 aliphatic carbocycles. The maximum absolute atomic E-state index is 5.66. The summed E-state index contributed by atoms with van der Waals surface area (Å²) in [5.41, 5.74) is 0. The molecule has 0 heterocycles. The van der Waals surface area contributed by atoms with Crippen LogP contribution in [-0.2, 0) is 54.9 Å². The molecule has 4 nitrogen and oxygen atoms in total. The fourth-order valence-corrected chi connectivity index (χ4v) is 5.09. The third-order valence-corrected chi connectivity index (χ3v) is 7.57. The molecule has 0 aliphatic heterocycles. The van der Waals surface area contributed by atoms with Crippen LogP contribution in [0.4, 0.5) is 0 Å². The molecular weight excluding hydrogens is 691 g/mol. The van der Waals surface area contributed by atoms with E-state index in [0.717, 1.165) is 76.7 Å². The molecule has 0 N–H and O–H groups in total. The van der Waals surface area contributed by atoms with Gasteiger partial charge in [0.2, 0.25) is 0 Å². The smallest absolute Gasteiger partial charge is 0.157 e. The van der Waals surface area contributed by atoms with Gasteiger partial charge in [0, 0.05) is 88.4 Å². The molecule has 8 heteroatoms. The Morgan fingerprint density at radius 3 is 0.977 bits per heavy atom. The molecular formula is C36H72Cl2NiO4Zn. The van der Waals surface area contributed by atoms with Crippen LogP contribution in [0.1, 0.15) is 170 Å². The zero-order valence-corrected chi connectivity index (χ0v) is 34.8. The SMILES string of the molecule is CCOC(CCCCCC#CCCCCCCCl)OCC.CCOC(CCCCCCCCCCCCCCl)OCC.[HH].[Ni].[Zn]. The van der Waals surface area contributed by atoms with Crippen molar-refractivity contribution in [3.05, 3.63) is 0 Å². The van der Waals surface area contributed by atoms with Crippen molar-refractivity contribution in [2.24, 2.45) is 0 Å². The summed E-state index contributed by atoms with van der Waals surface area (Å²) in [6, 6.07) is 0. The van der Waals surface area contributed by atoms with E-state index in [-0.39, 0.29) is 50.0 Å². The van der Waals surface area contributed by atoms with Gasteiger partial charge in [0.15, 0.2) is 12.6 Å². The second kappa shape index (κ2) is 48.5. The summed E-state index contributed by atoms with van der Waals surface area (Å²) in [5, 5.41) is 0. The first-order valence-electron chi connectivity index (χ1n) is 17.7. The maximum atomic E-state index is 5.66. The third kappa shape index (κ3) is 45.2. The van der Waals surface area contributed by atoms with Gasteiger partial charge in [-0.3, -0.25) is 0 Å². The number of rotatable bonds is 31. The van der Waals surface area contributed by atoms with Gasteiger partial charge < -0.3 is 18.9 Å². The van der Waals surface area contributed by atoms with E-state index in [1.54, 1.807) is 0 Å². The summed E-state index contributed by atoms with van der Waals surface area (Å²) >= 11 is 11.3. The fourth-order valence-electron chi connectivity index (χ4n) is 4.71. The average molecular weight is 764 g/mol. The molecule has 0 amide bonds. The van der Waals surface area contributed by atoms with Gasteiger partial charge >= 0.3 is 0 Å². The second-order valence-electron chi connectivity index (χ2n) is 10.9. The summed E-state index contributed by atoms with van der Waals surface area (Å²) < 4.78 is 22.2. The quantitative estimate of drug-likeness (QED) is 0.0232. The molecule has 0 radical (unpaired) electrons. The van der Waals surface area contributed by atoms with Crippen LogP contribution in [0, 0.1) is 11.8 Å². The first-order chi connectivity index (χ1) is 20.7. The normalized spacial score (nSPS) is 10.5. The summed E-state index contributed by atoms with van der Waals surface area (Å²) in [6.45, 7) is 11.0. The van der Waals surface area contributed by atoms with E-state index in [1.165, 1.54) is 103 Å². The van der Waals surface area contributed by atoms with Crippen molar-refractivity contribution in [2.45, 2.75) is 182 Å². The van der Waals surface area contributed by atoms with Crippen molar-refractivity contribution in [2.75, 3.05) is 38.2 Å². The van der Waals surface area contributed by atoms with Gasteiger partial charge in [-0.1, -0.05) is 77.0 Å². The Morgan fingerprint density at radius 2 is 0.682 bits per heavy atom. The molecule has 0 atom stereocenters. The monoisotopic (exact) mass is 760 g/mol. The number of hydrogen-bond donors (Lipinski definition) is 0. The summed E-state index contributed by atoms with van der Waals surface area (Å²) in [4.78, 5) is 0. The van der Waals surface area contributed by atoms with Crippen LogP contribution in [0.3, 0.4) is 0 Å². The van der Waals surface area contributed by atoms with Crippen LogP contribution in [0.2, 0.25) is 0 Å². The molecule has 0 aliphatic rings.